The van der Waals surface area contributed by atoms with Crippen molar-refractivity contribution >= 4 is 57.8 Å². The Labute approximate surface area is 217 Å². The van der Waals surface area contributed by atoms with Gasteiger partial charge in [0, 0.05) is 23.4 Å². The number of oxime groups is 1. The summed E-state index contributed by atoms with van der Waals surface area (Å²) >= 11 is 2.17. The maximum Gasteiger partial charge on any atom is 0.352 e. The highest BCUT2D eigenvalue weighted by molar-refractivity contribution is 8.00. The van der Waals surface area contributed by atoms with Gasteiger partial charge in [0.1, 0.15) is 29.8 Å². The molecule has 0 spiro atoms. The number of aromatic nitrogens is 3. The van der Waals surface area contributed by atoms with Crippen molar-refractivity contribution in [1.82, 2.24) is 19.6 Å². The van der Waals surface area contributed by atoms with Crippen molar-refractivity contribution in [2.45, 2.75) is 18.0 Å². The molecule has 2 aliphatic heterocycles. The summed E-state index contributed by atoms with van der Waals surface area (Å²) in [6.07, 6.45) is 6.65. The molecule has 4 heterocycles. The molecule has 1 fully saturated rings. The number of hydrogen-bond acceptors (Lipinski definition) is 11. The van der Waals surface area contributed by atoms with Gasteiger partial charge in [0.05, 0.1) is 0 Å². The van der Waals surface area contributed by atoms with Crippen molar-refractivity contribution in [3.63, 3.8) is 0 Å². The summed E-state index contributed by atoms with van der Waals surface area (Å²) in [7, 11) is 1.24. The highest BCUT2D eigenvalue weighted by Crippen LogP contribution is 2.40. The van der Waals surface area contributed by atoms with Crippen molar-refractivity contribution < 1.29 is 33.7 Å². The van der Waals surface area contributed by atoms with Gasteiger partial charge in [-0.1, -0.05) is 11.2 Å². The maximum absolute atomic E-state index is 12.9. The zero-order valence-electron chi connectivity index (χ0n) is 19.2. The molecule has 3 amide bonds. The number of carboxylic acid groups (broad SMARTS) is 1. The quantitative estimate of drug-likeness (QED) is 0.129. The molecule has 0 aliphatic carbocycles. The molecule has 0 saturated carbocycles. The van der Waals surface area contributed by atoms with Crippen LogP contribution >= 0.6 is 23.3 Å². The number of nitrogens with zero attached hydrogens (tertiary/aromatic N) is 5. The van der Waals surface area contributed by atoms with E-state index in [0.29, 0.717) is 17.7 Å². The third-order valence-corrected chi connectivity index (χ3v) is 7.16. The van der Waals surface area contributed by atoms with Crippen LogP contribution in [0.5, 0.6) is 0 Å². The van der Waals surface area contributed by atoms with E-state index in [-0.39, 0.29) is 28.1 Å². The van der Waals surface area contributed by atoms with E-state index in [1.807, 2.05) is 0 Å². The van der Waals surface area contributed by atoms with Crippen LogP contribution in [0.2, 0.25) is 0 Å². The third-order valence-electron chi connectivity index (χ3n) is 5.32. The molecule has 0 radical (unpaired) electrons. The monoisotopic (exact) mass is 545 g/mol. The number of primary amides is 1. The van der Waals surface area contributed by atoms with Crippen molar-refractivity contribution in [1.29, 1.82) is 0 Å². The molecule has 1 saturated heterocycles. The average molecular weight is 546 g/mol. The topological polar surface area (TPSA) is 207 Å². The lowest BCUT2D eigenvalue weighted by Gasteiger charge is -2.49. The van der Waals surface area contributed by atoms with Crippen molar-refractivity contribution in [3.05, 3.63) is 59.3 Å². The minimum Gasteiger partial charge on any atom is -0.477 e. The number of thioether (sulfide) groups is 1. The Bertz CT molecular complexity index is 1370. The third kappa shape index (κ3) is 5.29. The van der Waals surface area contributed by atoms with Crippen LogP contribution in [-0.2, 0) is 25.8 Å². The molecular formula is C21H21N8O6S2+. The van der Waals surface area contributed by atoms with E-state index in [9.17, 15) is 24.3 Å². The normalized spacial score (nSPS) is 19.4. The first-order chi connectivity index (χ1) is 17.7. The zero-order chi connectivity index (χ0) is 26.7. The fraction of sp³-hybridized carbons (Fsp3) is 0.238. The number of β-lactam (4-membered cyclic amide) rings is 1. The minimum absolute atomic E-state index is 0.0560. The zero-order valence-corrected chi connectivity index (χ0v) is 20.9. The molecule has 4 rings (SSSR count). The molecule has 2 aromatic rings. The Balaban J connectivity index is 1.49. The lowest BCUT2D eigenvalue weighted by molar-refractivity contribution is -0.687. The van der Waals surface area contributed by atoms with Crippen LogP contribution in [0, 0.1) is 0 Å². The number of fused-ring (bicyclic) bond motifs is 1. The number of allylic oxidation sites excluding steroid dienone is 2. The van der Waals surface area contributed by atoms with Gasteiger partial charge in [0.15, 0.2) is 24.1 Å². The standard InChI is InChI=1S/C21H20N8O6S2/c1-35-26-12(16-25-21(23)37-27-16)17(31)24-13-18(32)29-14(20(33)34)11(9-36-19(13)29)5-3-7-28-6-2-4-10(8-28)15(22)30/h2-6,8,13,19H,7,9H2,1H3,(H5-,22,23,24,25,27,30,31,33,34)/p+1/t13?,19-/m0/s1. The van der Waals surface area contributed by atoms with E-state index in [4.69, 9.17) is 16.3 Å². The molecule has 16 heteroatoms. The van der Waals surface area contributed by atoms with Gasteiger partial charge in [0.25, 0.3) is 17.7 Å². The predicted molar refractivity (Wildman–Crippen MR) is 132 cm³/mol. The number of carbonyl (C=O) groups is 4. The van der Waals surface area contributed by atoms with Crippen LogP contribution in [0.4, 0.5) is 5.13 Å². The van der Waals surface area contributed by atoms with Gasteiger partial charge in [0.2, 0.25) is 11.5 Å². The Morgan fingerprint density at radius 2 is 2.22 bits per heavy atom. The number of nitrogens with two attached hydrogens (primary N) is 2. The highest BCUT2D eigenvalue weighted by atomic mass is 32.2. The fourth-order valence-electron chi connectivity index (χ4n) is 3.69. The van der Waals surface area contributed by atoms with E-state index >= 15 is 0 Å². The van der Waals surface area contributed by atoms with E-state index in [1.165, 1.54) is 18.9 Å². The molecular weight excluding hydrogens is 524 g/mol. The van der Waals surface area contributed by atoms with Gasteiger partial charge in [-0.3, -0.25) is 19.3 Å². The molecule has 2 atom stereocenters. The number of nitrogens with one attached hydrogen (secondary N) is 1. The Morgan fingerprint density at radius 3 is 2.86 bits per heavy atom. The maximum atomic E-state index is 12.9. The van der Waals surface area contributed by atoms with Crippen molar-refractivity contribution in [2.75, 3.05) is 18.6 Å². The van der Waals surface area contributed by atoms with Crippen molar-refractivity contribution in [2.24, 2.45) is 10.9 Å². The van der Waals surface area contributed by atoms with Gasteiger partial charge in [-0.15, -0.1) is 11.8 Å². The molecule has 0 bridgehead atoms. The largest absolute Gasteiger partial charge is 0.477 e. The molecule has 14 nitrogen and oxygen atoms in total. The number of carbonyl (C=O) groups excluding carboxylic acids is 3. The van der Waals surface area contributed by atoms with Crippen LogP contribution in [-0.4, -0.2) is 73.0 Å². The van der Waals surface area contributed by atoms with Gasteiger partial charge < -0.3 is 26.7 Å². The summed E-state index contributed by atoms with van der Waals surface area (Å²) in [5.74, 6) is -2.95. The number of aliphatic carboxylic acids is 1. The van der Waals surface area contributed by atoms with Crippen LogP contribution < -0.4 is 21.4 Å². The number of rotatable bonds is 9. The first kappa shape index (κ1) is 25.8. The molecule has 2 aromatic heterocycles. The van der Waals surface area contributed by atoms with E-state index in [0.717, 1.165) is 16.4 Å². The van der Waals surface area contributed by atoms with Gasteiger partial charge in [-0.2, -0.15) is 9.36 Å². The van der Waals surface area contributed by atoms with E-state index in [1.54, 1.807) is 41.2 Å². The van der Waals surface area contributed by atoms with Gasteiger partial charge in [-0.25, -0.2) is 9.36 Å². The summed E-state index contributed by atoms with van der Waals surface area (Å²) in [5, 5.41) is 15.5. The van der Waals surface area contributed by atoms with Crippen LogP contribution in [0.25, 0.3) is 0 Å². The summed E-state index contributed by atoms with van der Waals surface area (Å²) in [5.41, 5.74) is 11.2. The number of amides is 3. The summed E-state index contributed by atoms with van der Waals surface area (Å²) in [6, 6.07) is 2.28. The second kappa shape index (κ2) is 10.8. The average Bonchev–Trinajstić information content (AvgIpc) is 3.30. The Morgan fingerprint density at radius 1 is 1.43 bits per heavy atom. The Hall–Kier alpha value is -4.31. The summed E-state index contributed by atoms with van der Waals surface area (Å²) in [4.78, 5) is 58.9. The van der Waals surface area contributed by atoms with Crippen LogP contribution in [0.3, 0.4) is 0 Å². The summed E-state index contributed by atoms with van der Waals surface area (Å²) in [6.45, 7) is 0.342. The highest BCUT2D eigenvalue weighted by Gasteiger charge is 2.54. The first-order valence-electron chi connectivity index (χ1n) is 10.6. The van der Waals surface area contributed by atoms with Crippen LogP contribution in [0.1, 0.15) is 16.2 Å². The van der Waals surface area contributed by atoms with Gasteiger partial charge in [-0.05, 0) is 17.7 Å². The van der Waals surface area contributed by atoms with Crippen LogP contribution in [0.15, 0.2) is 53.1 Å². The molecule has 0 aromatic carbocycles. The molecule has 37 heavy (non-hydrogen) atoms. The fourth-order valence-corrected chi connectivity index (χ4v) is 5.44. The number of pyridine rings is 1. The molecule has 192 valence electrons. The smallest absolute Gasteiger partial charge is 0.352 e. The minimum atomic E-state index is -1.27. The van der Waals surface area contributed by atoms with Gasteiger partial charge >= 0.3 is 5.97 Å². The predicted octanol–water partition coefficient (Wildman–Crippen LogP) is -1.15. The molecule has 2 aliphatic rings. The second-order valence-corrected chi connectivity index (χ2v) is 9.56. The van der Waals surface area contributed by atoms with E-state index < -0.39 is 35.1 Å². The lowest BCUT2D eigenvalue weighted by Crippen LogP contribution is -2.71. The summed E-state index contributed by atoms with van der Waals surface area (Å²) < 4.78 is 5.64. The number of anilines is 1. The number of carboxylic acids is 1. The molecule has 1 unspecified atom stereocenters. The lowest BCUT2D eigenvalue weighted by atomic mass is 10.0. The van der Waals surface area contributed by atoms with Crippen molar-refractivity contribution in [3.8, 4) is 0 Å². The number of hydrogen-bond donors (Lipinski definition) is 4. The second-order valence-electron chi connectivity index (χ2n) is 7.67. The Kier molecular flexibility index (Phi) is 7.49. The SMILES string of the molecule is CON=C(C(=O)NC1C(=O)N2C(C(=O)O)=C(C=CC[n+]3cccc(C(N)=O)c3)CS[C@@H]12)c1nsc(N)n1. The molecule has 6 N–H and O–H groups in total. The number of nitrogen functional groups attached to an aromatic ring is 1. The first-order valence-corrected chi connectivity index (χ1v) is 12.4. The van der Waals surface area contributed by atoms with E-state index in [2.05, 4.69) is 19.8 Å².